The Hall–Kier alpha value is -1.33. The van der Waals surface area contributed by atoms with Gasteiger partial charge in [-0.1, -0.05) is 6.92 Å². The summed E-state index contributed by atoms with van der Waals surface area (Å²) in [4.78, 5) is 2.62. The van der Waals surface area contributed by atoms with Crippen LogP contribution in [0.15, 0.2) is 18.3 Å². The lowest BCUT2D eigenvalue weighted by Crippen LogP contribution is -2.25. The summed E-state index contributed by atoms with van der Waals surface area (Å²) in [5, 5.41) is 7.89. The van der Waals surface area contributed by atoms with Gasteiger partial charge in [0, 0.05) is 16.8 Å². The van der Waals surface area contributed by atoms with Crippen molar-refractivity contribution in [3.05, 3.63) is 33.8 Å². The van der Waals surface area contributed by atoms with Gasteiger partial charge in [-0.3, -0.25) is 4.68 Å². The highest BCUT2D eigenvalue weighted by Gasteiger charge is 2.23. The van der Waals surface area contributed by atoms with Gasteiger partial charge in [0.25, 0.3) is 0 Å². The van der Waals surface area contributed by atoms with E-state index in [0.717, 1.165) is 24.4 Å². The minimum atomic E-state index is 0.140. The summed E-state index contributed by atoms with van der Waals surface area (Å²) in [7, 11) is 3.65. The lowest BCUT2D eigenvalue weighted by atomic mass is 10.1. The standard InChI is InChI=1S/C14H21N3OS/c1-5-8-15-13(12-7-6-10(2)19-12)14-11(18-4)9-16-17(14)3/h6-7,9,13,15H,5,8H2,1-4H3. The third-order valence-corrected chi connectivity index (χ3v) is 4.15. The molecule has 0 aliphatic rings. The van der Waals surface area contributed by atoms with Crippen LogP contribution in [0.4, 0.5) is 0 Å². The Morgan fingerprint density at radius 1 is 1.47 bits per heavy atom. The predicted molar refractivity (Wildman–Crippen MR) is 79.0 cm³/mol. The second kappa shape index (κ2) is 6.21. The third-order valence-electron chi connectivity index (χ3n) is 3.09. The van der Waals surface area contributed by atoms with Crippen molar-refractivity contribution in [1.82, 2.24) is 15.1 Å². The Morgan fingerprint density at radius 2 is 2.26 bits per heavy atom. The van der Waals surface area contributed by atoms with Crippen molar-refractivity contribution in [1.29, 1.82) is 0 Å². The van der Waals surface area contributed by atoms with Crippen molar-refractivity contribution in [3.63, 3.8) is 0 Å². The van der Waals surface area contributed by atoms with Crippen molar-refractivity contribution in [3.8, 4) is 5.75 Å². The maximum atomic E-state index is 5.44. The van der Waals surface area contributed by atoms with E-state index >= 15 is 0 Å². The van der Waals surface area contributed by atoms with Crippen LogP contribution in [0.5, 0.6) is 5.75 Å². The van der Waals surface area contributed by atoms with Crippen molar-refractivity contribution in [2.45, 2.75) is 26.3 Å². The molecule has 0 fully saturated rings. The first kappa shape index (κ1) is 14.1. The molecule has 1 unspecified atom stereocenters. The third kappa shape index (κ3) is 2.98. The molecule has 0 saturated carbocycles. The monoisotopic (exact) mass is 279 g/mol. The van der Waals surface area contributed by atoms with Gasteiger partial charge in [-0.05, 0) is 32.0 Å². The molecule has 1 atom stereocenters. The quantitative estimate of drug-likeness (QED) is 0.883. The van der Waals surface area contributed by atoms with Crippen LogP contribution in [0.2, 0.25) is 0 Å². The van der Waals surface area contributed by atoms with Crippen molar-refractivity contribution in [2.24, 2.45) is 7.05 Å². The number of nitrogens with one attached hydrogen (secondary N) is 1. The molecule has 0 aliphatic carbocycles. The zero-order chi connectivity index (χ0) is 13.8. The largest absolute Gasteiger partial charge is 0.493 e. The molecule has 2 rings (SSSR count). The fraction of sp³-hybridized carbons (Fsp3) is 0.500. The van der Waals surface area contributed by atoms with Crippen LogP contribution in [0, 0.1) is 6.92 Å². The van der Waals surface area contributed by atoms with Gasteiger partial charge in [0.1, 0.15) is 5.69 Å². The fourth-order valence-corrected chi connectivity index (χ4v) is 3.10. The van der Waals surface area contributed by atoms with E-state index in [9.17, 15) is 0 Å². The van der Waals surface area contributed by atoms with Crippen molar-refractivity contribution < 1.29 is 4.74 Å². The fourth-order valence-electron chi connectivity index (χ4n) is 2.14. The van der Waals surface area contributed by atoms with E-state index < -0.39 is 0 Å². The smallest absolute Gasteiger partial charge is 0.161 e. The number of nitrogens with zero attached hydrogens (tertiary/aromatic N) is 2. The Balaban J connectivity index is 2.39. The average molecular weight is 279 g/mol. The number of thiophene rings is 1. The first-order valence-corrected chi connectivity index (χ1v) is 7.34. The van der Waals surface area contributed by atoms with E-state index in [2.05, 4.69) is 36.4 Å². The lowest BCUT2D eigenvalue weighted by molar-refractivity contribution is 0.401. The topological polar surface area (TPSA) is 39.1 Å². The second-order valence-corrected chi connectivity index (χ2v) is 5.88. The number of aryl methyl sites for hydroxylation is 2. The van der Waals surface area contributed by atoms with E-state index in [1.165, 1.54) is 9.75 Å². The predicted octanol–water partition coefficient (Wildman–Crippen LogP) is 2.89. The summed E-state index contributed by atoms with van der Waals surface area (Å²) in [6, 6.07) is 4.48. The first-order chi connectivity index (χ1) is 9.17. The summed E-state index contributed by atoms with van der Waals surface area (Å²) in [6.45, 7) is 5.27. The Morgan fingerprint density at radius 3 is 2.84 bits per heavy atom. The lowest BCUT2D eigenvalue weighted by Gasteiger charge is -2.18. The first-order valence-electron chi connectivity index (χ1n) is 6.53. The molecule has 0 aliphatic heterocycles. The van der Waals surface area contributed by atoms with Gasteiger partial charge in [-0.2, -0.15) is 5.10 Å². The summed E-state index contributed by atoms with van der Waals surface area (Å²) < 4.78 is 7.33. The van der Waals surface area contributed by atoms with Gasteiger partial charge in [0.15, 0.2) is 5.75 Å². The van der Waals surface area contributed by atoms with Crippen molar-refractivity contribution in [2.75, 3.05) is 13.7 Å². The zero-order valence-corrected chi connectivity index (χ0v) is 12.8. The molecule has 0 spiro atoms. The second-order valence-electron chi connectivity index (χ2n) is 4.56. The SMILES string of the molecule is CCCNC(c1ccc(C)s1)c1c(OC)cnn1C. The summed E-state index contributed by atoms with van der Waals surface area (Å²) in [5.41, 5.74) is 1.08. The highest BCUT2D eigenvalue weighted by Crippen LogP contribution is 2.33. The van der Waals surface area contributed by atoms with E-state index in [1.807, 2.05) is 23.1 Å². The molecule has 5 heteroatoms. The summed E-state index contributed by atoms with van der Waals surface area (Å²) >= 11 is 1.81. The van der Waals surface area contributed by atoms with Crippen LogP contribution in [0.25, 0.3) is 0 Å². The van der Waals surface area contributed by atoms with Gasteiger partial charge in [-0.15, -0.1) is 11.3 Å². The van der Waals surface area contributed by atoms with Gasteiger partial charge in [0.2, 0.25) is 0 Å². The Labute approximate surface area is 118 Å². The Kier molecular flexibility index (Phi) is 4.61. The number of hydrogen-bond donors (Lipinski definition) is 1. The molecule has 19 heavy (non-hydrogen) atoms. The number of rotatable bonds is 6. The van der Waals surface area contributed by atoms with Crippen LogP contribution in [0.3, 0.4) is 0 Å². The van der Waals surface area contributed by atoms with Gasteiger partial charge < -0.3 is 10.1 Å². The molecular formula is C14H21N3OS. The van der Waals surface area contributed by atoms with Gasteiger partial charge >= 0.3 is 0 Å². The van der Waals surface area contributed by atoms with Crippen LogP contribution in [-0.2, 0) is 7.05 Å². The van der Waals surface area contributed by atoms with Crippen LogP contribution in [-0.4, -0.2) is 23.4 Å². The van der Waals surface area contributed by atoms with E-state index in [0.29, 0.717) is 0 Å². The van der Waals surface area contributed by atoms with E-state index in [-0.39, 0.29) is 6.04 Å². The normalized spacial score (nSPS) is 12.6. The van der Waals surface area contributed by atoms with E-state index in [4.69, 9.17) is 4.74 Å². The highest BCUT2D eigenvalue weighted by molar-refractivity contribution is 7.12. The molecule has 0 radical (unpaired) electrons. The number of aromatic nitrogens is 2. The molecule has 104 valence electrons. The average Bonchev–Trinajstić information content (AvgIpc) is 2.98. The van der Waals surface area contributed by atoms with Crippen molar-refractivity contribution >= 4 is 11.3 Å². The van der Waals surface area contributed by atoms with Crippen LogP contribution < -0.4 is 10.1 Å². The molecular weight excluding hydrogens is 258 g/mol. The minimum absolute atomic E-state index is 0.140. The number of ether oxygens (including phenoxy) is 1. The minimum Gasteiger partial charge on any atom is -0.493 e. The number of methoxy groups -OCH3 is 1. The Bertz CT molecular complexity index is 533. The van der Waals surface area contributed by atoms with Crippen LogP contribution >= 0.6 is 11.3 Å². The summed E-state index contributed by atoms with van der Waals surface area (Å²) in [5.74, 6) is 0.835. The molecule has 0 amide bonds. The van der Waals surface area contributed by atoms with Gasteiger partial charge in [0.05, 0.1) is 19.3 Å². The molecule has 2 aromatic rings. The molecule has 4 nitrogen and oxygen atoms in total. The molecule has 1 N–H and O–H groups in total. The zero-order valence-electron chi connectivity index (χ0n) is 11.9. The molecule has 0 aromatic carbocycles. The maximum absolute atomic E-state index is 5.44. The number of hydrogen-bond acceptors (Lipinski definition) is 4. The molecule has 0 saturated heterocycles. The van der Waals surface area contributed by atoms with Gasteiger partial charge in [-0.25, -0.2) is 0 Å². The maximum Gasteiger partial charge on any atom is 0.161 e. The highest BCUT2D eigenvalue weighted by atomic mass is 32.1. The van der Waals surface area contributed by atoms with E-state index in [1.54, 1.807) is 13.3 Å². The van der Waals surface area contributed by atoms with Crippen LogP contribution in [0.1, 0.15) is 34.8 Å². The summed E-state index contributed by atoms with van der Waals surface area (Å²) in [6.07, 6.45) is 2.87. The molecule has 2 heterocycles. The molecule has 0 bridgehead atoms. The molecule has 2 aromatic heterocycles.